The van der Waals surface area contributed by atoms with Crippen LogP contribution in [0.25, 0.3) is 16.3 Å². The lowest BCUT2D eigenvalue weighted by atomic mass is 10.1. The van der Waals surface area contributed by atoms with E-state index in [0.717, 1.165) is 16.2 Å². The number of benzene rings is 2. The molecule has 4 aromatic rings. The number of nitrogens with one attached hydrogen (secondary N) is 1. The lowest BCUT2D eigenvalue weighted by molar-refractivity contribution is -0.120. The molecular formula is C22H21FN4O3S. The fraction of sp³-hybridized carbons (Fsp3) is 0.227. The maximum atomic E-state index is 13.5. The predicted octanol–water partition coefficient (Wildman–Crippen LogP) is 3.52. The zero-order valence-corrected chi connectivity index (χ0v) is 17.9. The van der Waals surface area contributed by atoms with E-state index in [4.69, 9.17) is 9.47 Å². The van der Waals surface area contributed by atoms with E-state index in [0.29, 0.717) is 35.9 Å². The Morgan fingerprint density at radius 3 is 2.77 bits per heavy atom. The second-order valence-corrected chi connectivity index (χ2v) is 7.67. The van der Waals surface area contributed by atoms with Crippen LogP contribution < -0.4 is 14.8 Å². The quantitative estimate of drug-likeness (QED) is 0.454. The van der Waals surface area contributed by atoms with Gasteiger partial charge in [0.2, 0.25) is 10.9 Å². The average Bonchev–Trinajstić information content (AvgIpc) is 3.35. The summed E-state index contributed by atoms with van der Waals surface area (Å²) in [5.74, 6) is 1.28. The molecule has 0 radical (unpaired) electrons. The fourth-order valence-electron chi connectivity index (χ4n) is 3.21. The molecule has 0 fully saturated rings. The zero-order valence-electron chi connectivity index (χ0n) is 17.1. The van der Waals surface area contributed by atoms with Crippen LogP contribution in [0.3, 0.4) is 0 Å². The highest BCUT2D eigenvalue weighted by Crippen LogP contribution is 2.27. The third kappa shape index (κ3) is 4.66. The molecule has 0 aliphatic rings. The Labute approximate surface area is 182 Å². The minimum absolute atomic E-state index is 0.0854. The van der Waals surface area contributed by atoms with Gasteiger partial charge in [-0.3, -0.25) is 4.79 Å². The minimum Gasteiger partial charge on any atom is -0.493 e. The number of halogens is 1. The molecule has 0 saturated heterocycles. The second-order valence-electron chi connectivity index (χ2n) is 6.83. The van der Waals surface area contributed by atoms with E-state index < -0.39 is 0 Å². The maximum absolute atomic E-state index is 13.5. The van der Waals surface area contributed by atoms with Crippen LogP contribution in [-0.2, 0) is 17.6 Å². The number of hydrogen-bond acceptors (Lipinski definition) is 6. The summed E-state index contributed by atoms with van der Waals surface area (Å²) in [6.45, 7) is 0.465. The summed E-state index contributed by atoms with van der Waals surface area (Å²) in [7, 11) is 3.13. The van der Waals surface area contributed by atoms with Gasteiger partial charge < -0.3 is 14.8 Å². The summed E-state index contributed by atoms with van der Waals surface area (Å²) in [6, 6.07) is 11.6. The first kappa shape index (κ1) is 20.8. The zero-order chi connectivity index (χ0) is 21.8. The molecule has 2 aromatic carbocycles. The van der Waals surface area contributed by atoms with Gasteiger partial charge in [0.05, 0.1) is 26.3 Å². The number of rotatable bonds is 8. The number of ether oxygens (including phenoxy) is 2. The number of hydrogen-bond donors (Lipinski definition) is 1. The molecule has 0 atom stereocenters. The molecule has 7 nitrogen and oxygen atoms in total. The van der Waals surface area contributed by atoms with Crippen molar-refractivity contribution in [2.24, 2.45) is 0 Å². The maximum Gasteiger partial charge on any atom is 0.224 e. The highest BCUT2D eigenvalue weighted by atomic mass is 32.1. The van der Waals surface area contributed by atoms with Crippen molar-refractivity contribution in [1.82, 2.24) is 19.9 Å². The third-order valence-electron chi connectivity index (χ3n) is 4.75. The summed E-state index contributed by atoms with van der Waals surface area (Å²) in [6.07, 6.45) is 0.843. The van der Waals surface area contributed by atoms with Gasteiger partial charge in [-0.25, -0.2) is 8.91 Å². The Hall–Kier alpha value is -3.46. The fourth-order valence-corrected chi connectivity index (χ4v) is 4.07. The molecule has 2 heterocycles. The van der Waals surface area contributed by atoms with Crippen LogP contribution >= 0.6 is 11.3 Å². The Kier molecular flexibility index (Phi) is 6.13. The van der Waals surface area contributed by atoms with E-state index in [2.05, 4.69) is 15.4 Å². The molecule has 1 N–H and O–H groups in total. The van der Waals surface area contributed by atoms with E-state index in [1.165, 1.54) is 23.5 Å². The largest absolute Gasteiger partial charge is 0.493 e. The van der Waals surface area contributed by atoms with E-state index in [1.54, 1.807) is 43.0 Å². The SMILES string of the molecule is COc1ccc(CC(=O)NCCc2csc3nc(-c4cccc(F)c4)nn23)cc1OC. The number of thiazole rings is 1. The molecule has 0 aliphatic heterocycles. The molecule has 0 aliphatic carbocycles. The first-order valence-electron chi connectivity index (χ1n) is 9.64. The molecule has 1 amide bonds. The summed E-state index contributed by atoms with van der Waals surface area (Å²) < 4.78 is 25.7. The molecular weight excluding hydrogens is 419 g/mol. The molecule has 31 heavy (non-hydrogen) atoms. The van der Waals surface area contributed by atoms with Gasteiger partial charge in [0.15, 0.2) is 17.3 Å². The molecule has 9 heteroatoms. The summed E-state index contributed by atoms with van der Waals surface area (Å²) in [5.41, 5.74) is 2.40. The van der Waals surface area contributed by atoms with Gasteiger partial charge in [-0.1, -0.05) is 18.2 Å². The van der Waals surface area contributed by atoms with Crippen LogP contribution in [0.2, 0.25) is 0 Å². The molecule has 4 rings (SSSR count). The van der Waals surface area contributed by atoms with Gasteiger partial charge in [-0.15, -0.1) is 16.4 Å². The lowest BCUT2D eigenvalue weighted by Crippen LogP contribution is -2.27. The number of fused-ring (bicyclic) bond motifs is 1. The van der Waals surface area contributed by atoms with Gasteiger partial charge in [0.1, 0.15) is 5.82 Å². The van der Waals surface area contributed by atoms with Gasteiger partial charge >= 0.3 is 0 Å². The van der Waals surface area contributed by atoms with Crippen molar-refractivity contribution in [3.63, 3.8) is 0 Å². The number of aromatic nitrogens is 3. The smallest absolute Gasteiger partial charge is 0.224 e. The minimum atomic E-state index is -0.326. The van der Waals surface area contributed by atoms with Crippen molar-refractivity contribution in [1.29, 1.82) is 0 Å². The van der Waals surface area contributed by atoms with E-state index >= 15 is 0 Å². The Morgan fingerprint density at radius 2 is 2.00 bits per heavy atom. The normalized spacial score (nSPS) is 10.9. The highest BCUT2D eigenvalue weighted by Gasteiger charge is 2.13. The van der Waals surface area contributed by atoms with Crippen LogP contribution in [0.5, 0.6) is 11.5 Å². The predicted molar refractivity (Wildman–Crippen MR) is 116 cm³/mol. The number of carbonyl (C=O) groups excluding carboxylic acids is 1. The van der Waals surface area contributed by atoms with Crippen LogP contribution in [-0.4, -0.2) is 41.3 Å². The van der Waals surface area contributed by atoms with Crippen LogP contribution in [0.1, 0.15) is 11.3 Å². The van der Waals surface area contributed by atoms with Gasteiger partial charge in [0, 0.05) is 23.9 Å². The topological polar surface area (TPSA) is 77.8 Å². The Balaban J connectivity index is 1.37. The number of nitrogens with zero attached hydrogens (tertiary/aromatic N) is 3. The van der Waals surface area contributed by atoms with Crippen LogP contribution in [0.4, 0.5) is 4.39 Å². The lowest BCUT2D eigenvalue weighted by Gasteiger charge is -2.10. The monoisotopic (exact) mass is 440 g/mol. The van der Waals surface area contributed by atoms with Gasteiger partial charge in [-0.2, -0.15) is 4.98 Å². The van der Waals surface area contributed by atoms with Gasteiger partial charge in [0.25, 0.3) is 0 Å². The van der Waals surface area contributed by atoms with Crippen molar-refractivity contribution in [3.8, 4) is 22.9 Å². The first-order chi connectivity index (χ1) is 15.1. The Morgan fingerprint density at radius 1 is 1.16 bits per heavy atom. The first-order valence-corrected chi connectivity index (χ1v) is 10.5. The van der Waals surface area contributed by atoms with Crippen molar-refractivity contribution >= 4 is 22.2 Å². The van der Waals surface area contributed by atoms with Crippen molar-refractivity contribution in [3.05, 3.63) is 64.9 Å². The molecule has 0 spiro atoms. The van der Waals surface area contributed by atoms with Gasteiger partial charge in [-0.05, 0) is 29.8 Å². The van der Waals surface area contributed by atoms with Crippen molar-refractivity contribution in [2.45, 2.75) is 12.8 Å². The number of methoxy groups -OCH3 is 2. The molecule has 0 saturated carbocycles. The Bertz CT molecular complexity index is 1220. The van der Waals surface area contributed by atoms with Crippen molar-refractivity contribution < 1.29 is 18.7 Å². The van der Waals surface area contributed by atoms with Crippen molar-refractivity contribution in [2.75, 3.05) is 20.8 Å². The van der Waals surface area contributed by atoms with Crippen LogP contribution in [0, 0.1) is 5.82 Å². The third-order valence-corrected chi connectivity index (χ3v) is 5.61. The average molecular weight is 441 g/mol. The number of amides is 1. The second kappa shape index (κ2) is 9.13. The number of carbonyl (C=O) groups is 1. The van der Waals surface area contributed by atoms with E-state index in [9.17, 15) is 9.18 Å². The molecule has 160 valence electrons. The highest BCUT2D eigenvalue weighted by molar-refractivity contribution is 7.15. The van der Waals surface area contributed by atoms with E-state index in [1.807, 2.05) is 11.4 Å². The summed E-state index contributed by atoms with van der Waals surface area (Å²) >= 11 is 1.46. The molecule has 0 unspecified atom stereocenters. The molecule has 0 bridgehead atoms. The standard InChI is InChI=1S/C22H21FN4O3S/c1-29-18-7-6-14(10-19(18)30-2)11-20(28)24-9-8-17-13-31-22-25-21(26-27(17)22)15-4-3-5-16(23)12-15/h3-7,10,12-13H,8-9,11H2,1-2H3,(H,24,28). The van der Waals surface area contributed by atoms with Crippen LogP contribution in [0.15, 0.2) is 47.8 Å². The summed E-state index contributed by atoms with van der Waals surface area (Å²) in [5, 5.41) is 9.39. The molecule has 2 aromatic heterocycles. The summed E-state index contributed by atoms with van der Waals surface area (Å²) in [4.78, 5) is 17.5. The van der Waals surface area contributed by atoms with E-state index in [-0.39, 0.29) is 18.1 Å².